The smallest absolute Gasteiger partial charge is 0.0852 e. The predicted octanol–water partition coefficient (Wildman–Crippen LogP) is 4.91. The zero-order valence-electron chi connectivity index (χ0n) is 8.24. The lowest BCUT2D eigenvalue weighted by Gasteiger charge is -2.04. The molecule has 0 aliphatic carbocycles. The van der Waals surface area contributed by atoms with Crippen LogP contribution in [-0.2, 0) is 0 Å². The van der Waals surface area contributed by atoms with Crippen molar-refractivity contribution in [1.82, 2.24) is 4.98 Å². The maximum Gasteiger partial charge on any atom is 0.0852 e. The first-order chi connectivity index (χ1) is 7.75. The van der Waals surface area contributed by atoms with Crippen LogP contribution in [-0.4, -0.2) is 4.98 Å². The number of fused-ring (bicyclic) bond motifs is 2. The Balaban J connectivity index is 2.55. The van der Waals surface area contributed by atoms with E-state index < -0.39 is 0 Å². The number of hydrogen-bond acceptors (Lipinski definition) is 1. The summed E-state index contributed by atoms with van der Waals surface area (Å²) in [5.74, 6) is 0. The SMILES string of the molecule is Brc1cccc2cc3cccc(Br)c3nc12. The highest BCUT2D eigenvalue weighted by molar-refractivity contribution is 9.11. The van der Waals surface area contributed by atoms with Gasteiger partial charge in [0, 0.05) is 19.7 Å². The quantitative estimate of drug-likeness (QED) is 0.531. The first kappa shape index (κ1) is 10.2. The molecular weight excluding hydrogens is 330 g/mol. The van der Waals surface area contributed by atoms with E-state index in [9.17, 15) is 0 Å². The molecule has 0 unspecified atom stereocenters. The molecule has 0 fully saturated rings. The number of nitrogens with zero attached hydrogens (tertiary/aromatic N) is 1. The molecule has 0 N–H and O–H groups in total. The summed E-state index contributed by atoms with van der Waals surface area (Å²) >= 11 is 7.06. The van der Waals surface area contributed by atoms with Gasteiger partial charge in [-0.2, -0.15) is 0 Å². The van der Waals surface area contributed by atoms with E-state index >= 15 is 0 Å². The van der Waals surface area contributed by atoms with Gasteiger partial charge in [0.25, 0.3) is 0 Å². The van der Waals surface area contributed by atoms with E-state index in [0.29, 0.717) is 0 Å². The molecule has 78 valence electrons. The number of halogens is 2. The van der Waals surface area contributed by atoms with Crippen LogP contribution in [0, 0.1) is 0 Å². The van der Waals surface area contributed by atoms with E-state index in [1.54, 1.807) is 0 Å². The fourth-order valence-corrected chi connectivity index (χ4v) is 2.75. The topological polar surface area (TPSA) is 12.9 Å². The monoisotopic (exact) mass is 335 g/mol. The molecule has 1 heterocycles. The van der Waals surface area contributed by atoms with Gasteiger partial charge in [0.2, 0.25) is 0 Å². The van der Waals surface area contributed by atoms with Gasteiger partial charge in [-0.25, -0.2) is 4.98 Å². The molecule has 0 saturated heterocycles. The molecule has 1 aromatic heterocycles. The van der Waals surface area contributed by atoms with Crippen LogP contribution in [0.2, 0.25) is 0 Å². The number of benzene rings is 2. The summed E-state index contributed by atoms with van der Waals surface area (Å²) in [5.41, 5.74) is 2.00. The first-order valence-electron chi connectivity index (χ1n) is 4.89. The van der Waals surface area contributed by atoms with Crippen LogP contribution in [0.1, 0.15) is 0 Å². The number of rotatable bonds is 0. The lowest BCUT2D eigenvalue weighted by atomic mass is 10.1. The summed E-state index contributed by atoms with van der Waals surface area (Å²) in [6.45, 7) is 0. The van der Waals surface area contributed by atoms with Crippen LogP contribution in [0.4, 0.5) is 0 Å². The summed E-state index contributed by atoms with van der Waals surface area (Å²) in [7, 11) is 0. The molecule has 0 spiro atoms. The van der Waals surface area contributed by atoms with Gasteiger partial charge in [-0.3, -0.25) is 0 Å². The van der Waals surface area contributed by atoms with E-state index in [2.05, 4.69) is 55.0 Å². The van der Waals surface area contributed by atoms with Crippen molar-refractivity contribution in [2.75, 3.05) is 0 Å². The van der Waals surface area contributed by atoms with Crippen LogP contribution in [0.3, 0.4) is 0 Å². The highest BCUT2D eigenvalue weighted by Gasteiger charge is 2.04. The van der Waals surface area contributed by atoms with Crippen LogP contribution in [0.5, 0.6) is 0 Å². The van der Waals surface area contributed by atoms with Gasteiger partial charge in [0.15, 0.2) is 0 Å². The van der Waals surface area contributed by atoms with Gasteiger partial charge in [0.05, 0.1) is 11.0 Å². The lowest BCUT2D eigenvalue weighted by Crippen LogP contribution is -1.84. The van der Waals surface area contributed by atoms with Gasteiger partial charge in [0.1, 0.15) is 0 Å². The summed E-state index contributed by atoms with van der Waals surface area (Å²) in [6, 6.07) is 14.4. The van der Waals surface area contributed by atoms with Crippen molar-refractivity contribution in [3.05, 3.63) is 51.4 Å². The first-order valence-corrected chi connectivity index (χ1v) is 6.48. The highest BCUT2D eigenvalue weighted by atomic mass is 79.9. The Labute approximate surface area is 110 Å². The zero-order valence-corrected chi connectivity index (χ0v) is 11.4. The average molecular weight is 337 g/mol. The number of aromatic nitrogens is 1. The van der Waals surface area contributed by atoms with Crippen molar-refractivity contribution in [1.29, 1.82) is 0 Å². The third-order valence-corrected chi connectivity index (χ3v) is 3.85. The van der Waals surface area contributed by atoms with Crippen LogP contribution in [0.15, 0.2) is 51.4 Å². The van der Waals surface area contributed by atoms with Gasteiger partial charge in [-0.1, -0.05) is 24.3 Å². The molecule has 3 rings (SSSR count). The molecule has 0 bridgehead atoms. The molecule has 0 atom stereocenters. The van der Waals surface area contributed by atoms with Gasteiger partial charge in [-0.15, -0.1) is 0 Å². The van der Waals surface area contributed by atoms with Crippen LogP contribution < -0.4 is 0 Å². The largest absolute Gasteiger partial charge is 0.245 e. The fraction of sp³-hybridized carbons (Fsp3) is 0. The summed E-state index contributed by atoms with van der Waals surface area (Å²) in [4.78, 5) is 4.68. The maximum atomic E-state index is 4.68. The Morgan fingerprint density at radius 1 is 0.750 bits per heavy atom. The molecule has 0 aliphatic rings. The highest BCUT2D eigenvalue weighted by Crippen LogP contribution is 2.28. The molecule has 2 aromatic carbocycles. The Morgan fingerprint density at radius 3 is 1.75 bits per heavy atom. The average Bonchev–Trinajstić information content (AvgIpc) is 2.28. The molecule has 1 nitrogen and oxygen atoms in total. The minimum Gasteiger partial charge on any atom is -0.245 e. The summed E-state index contributed by atoms with van der Waals surface area (Å²) < 4.78 is 2.06. The van der Waals surface area contributed by atoms with Crippen molar-refractivity contribution >= 4 is 53.7 Å². The molecule has 3 aromatic rings. The van der Waals surface area contributed by atoms with Gasteiger partial charge >= 0.3 is 0 Å². The minimum absolute atomic E-state index is 1.00. The Kier molecular flexibility index (Phi) is 2.45. The van der Waals surface area contributed by atoms with Crippen molar-refractivity contribution < 1.29 is 0 Å². The Hall–Kier alpha value is -0.930. The molecule has 16 heavy (non-hydrogen) atoms. The van der Waals surface area contributed by atoms with Crippen molar-refractivity contribution in [2.45, 2.75) is 0 Å². The molecule has 0 amide bonds. The van der Waals surface area contributed by atoms with Gasteiger partial charge < -0.3 is 0 Å². The second-order valence-electron chi connectivity index (χ2n) is 3.61. The number of pyridine rings is 1. The van der Waals surface area contributed by atoms with Gasteiger partial charge in [-0.05, 0) is 50.1 Å². The third kappa shape index (κ3) is 1.55. The van der Waals surface area contributed by atoms with E-state index in [-0.39, 0.29) is 0 Å². The van der Waals surface area contributed by atoms with Crippen LogP contribution in [0.25, 0.3) is 21.8 Å². The molecular formula is C13H7Br2N. The molecule has 3 heteroatoms. The Bertz CT molecular complexity index is 635. The number of hydrogen-bond donors (Lipinski definition) is 0. The predicted molar refractivity (Wildman–Crippen MR) is 74.6 cm³/mol. The minimum atomic E-state index is 1.00. The van der Waals surface area contributed by atoms with Crippen LogP contribution >= 0.6 is 31.9 Å². The normalized spacial score (nSPS) is 11.1. The standard InChI is InChI=1S/C13H7Br2N/c14-10-5-1-3-8-7-9-4-2-6-11(15)13(9)16-12(8)10/h1-7H. The maximum absolute atomic E-state index is 4.68. The second-order valence-corrected chi connectivity index (χ2v) is 5.32. The van der Waals surface area contributed by atoms with E-state index in [0.717, 1.165) is 30.8 Å². The van der Waals surface area contributed by atoms with Crippen molar-refractivity contribution in [2.24, 2.45) is 0 Å². The number of para-hydroxylation sites is 2. The molecule has 0 saturated carbocycles. The van der Waals surface area contributed by atoms with E-state index in [1.807, 2.05) is 24.3 Å². The lowest BCUT2D eigenvalue weighted by molar-refractivity contribution is 1.47. The second kappa shape index (κ2) is 3.82. The Morgan fingerprint density at radius 2 is 1.25 bits per heavy atom. The molecule has 0 aliphatic heterocycles. The third-order valence-electron chi connectivity index (χ3n) is 2.57. The fourth-order valence-electron chi connectivity index (χ4n) is 1.81. The molecule has 0 radical (unpaired) electrons. The van der Waals surface area contributed by atoms with E-state index in [4.69, 9.17) is 0 Å². The van der Waals surface area contributed by atoms with E-state index in [1.165, 1.54) is 0 Å². The summed E-state index contributed by atoms with van der Waals surface area (Å²) in [6.07, 6.45) is 0. The zero-order chi connectivity index (χ0) is 11.1. The summed E-state index contributed by atoms with van der Waals surface area (Å²) in [5, 5.41) is 2.31. The van der Waals surface area contributed by atoms with Crippen molar-refractivity contribution in [3.8, 4) is 0 Å². The van der Waals surface area contributed by atoms with Crippen molar-refractivity contribution in [3.63, 3.8) is 0 Å².